The van der Waals surface area contributed by atoms with Crippen LogP contribution in [0.4, 0.5) is 0 Å². The zero-order valence-corrected chi connectivity index (χ0v) is 12.2. The number of hydrogen-bond donors (Lipinski definition) is 1. The van der Waals surface area contributed by atoms with Crippen LogP contribution in [0, 0.1) is 0 Å². The normalized spacial score (nSPS) is 17.4. The number of ether oxygens (including phenoxy) is 1. The van der Waals surface area contributed by atoms with Crippen molar-refractivity contribution in [2.24, 2.45) is 0 Å². The molecule has 1 atom stereocenters. The highest BCUT2D eigenvalue weighted by Crippen LogP contribution is 2.29. The van der Waals surface area contributed by atoms with Gasteiger partial charge in [0.05, 0.1) is 10.5 Å². The largest absolute Gasteiger partial charge is 0.438 e. The lowest BCUT2D eigenvalue weighted by molar-refractivity contribution is 0.0364. The van der Waals surface area contributed by atoms with Crippen LogP contribution in [-0.2, 0) is 14.8 Å². The van der Waals surface area contributed by atoms with Crippen LogP contribution < -0.4 is 4.72 Å². The molecule has 0 unspecified atom stereocenters. The van der Waals surface area contributed by atoms with Gasteiger partial charge in [0.25, 0.3) is 0 Å². The third-order valence-electron chi connectivity index (χ3n) is 3.07. The summed E-state index contributed by atoms with van der Waals surface area (Å²) in [6.45, 7) is 0. The van der Waals surface area contributed by atoms with E-state index in [1.807, 2.05) is 0 Å². The second kappa shape index (κ2) is 5.14. The van der Waals surface area contributed by atoms with Gasteiger partial charge in [0, 0.05) is 10.6 Å². The molecule has 2 aromatic carbocycles. The summed E-state index contributed by atoms with van der Waals surface area (Å²) in [4.78, 5) is 11.7. The Kier molecular flexibility index (Phi) is 3.44. The Labute approximate surface area is 126 Å². The van der Waals surface area contributed by atoms with Crippen molar-refractivity contribution in [2.75, 3.05) is 0 Å². The molecule has 0 spiro atoms. The van der Waals surface area contributed by atoms with Gasteiger partial charge in [-0.3, -0.25) is 0 Å². The van der Waals surface area contributed by atoms with Crippen molar-refractivity contribution in [3.63, 3.8) is 0 Å². The number of carbonyl (C=O) groups is 1. The number of benzene rings is 2. The van der Waals surface area contributed by atoms with E-state index in [1.54, 1.807) is 24.3 Å². The van der Waals surface area contributed by atoms with E-state index in [0.29, 0.717) is 16.1 Å². The molecule has 5 nitrogen and oxygen atoms in total. The number of hydrogen-bond acceptors (Lipinski definition) is 4. The molecule has 3 rings (SSSR count). The first kappa shape index (κ1) is 14.1. The lowest BCUT2D eigenvalue weighted by Gasteiger charge is -2.13. The van der Waals surface area contributed by atoms with Crippen molar-refractivity contribution in [1.29, 1.82) is 0 Å². The van der Waals surface area contributed by atoms with Crippen molar-refractivity contribution >= 4 is 27.6 Å². The maximum Gasteiger partial charge on any atom is 0.340 e. The number of cyclic esters (lactones) is 1. The number of esters is 1. The van der Waals surface area contributed by atoms with Gasteiger partial charge in [0.15, 0.2) is 6.23 Å². The minimum Gasteiger partial charge on any atom is -0.438 e. The van der Waals surface area contributed by atoms with Gasteiger partial charge >= 0.3 is 5.97 Å². The number of nitrogens with one attached hydrogen (secondary N) is 1. The Hall–Kier alpha value is -1.89. The van der Waals surface area contributed by atoms with Gasteiger partial charge in [0.2, 0.25) is 10.0 Å². The quantitative estimate of drug-likeness (QED) is 0.881. The Morgan fingerprint density at radius 3 is 2.43 bits per heavy atom. The second-order valence-electron chi connectivity index (χ2n) is 4.45. The highest BCUT2D eigenvalue weighted by molar-refractivity contribution is 7.89. The van der Waals surface area contributed by atoms with Gasteiger partial charge in [-0.1, -0.05) is 29.8 Å². The third-order valence-corrected chi connectivity index (χ3v) is 4.74. The molecular formula is C14H10ClNO4S. The fraction of sp³-hybridized carbons (Fsp3) is 0.0714. The minimum absolute atomic E-state index is 0.0485. The lowest BCUT2D eigenvalue weighted by atomic mass is 10.1. The van der Waals surface area contributed by atoms with Crippen molar-refractivity contribution in [2.45, 2.75) is 11.1 Å². The second-order valence-corrected chi connectivity index (χ2v) is 6.60. The van der Waals surface area contributed by atoms with Gasteiger partial charge in [-0.2, -0.15) is 4.72 Å². The molecule has 1 aliphatic heterocycles. The summed E-state index contributed by atoms with van der Waals surface area (Å²) in [5.41, 5.74) is 0.862. The van der Waals surface area contributed by atoms with E-state index >= 15 is 0 Å². The molecule has 0 saturated heterocycles. The van der Waals surface area contributed by atoms with Crippen LogP contribution in [0.3, 0.4) is 0 Å². The molecule has 108 valence electrons. The molecule has 0 fully saturated rings. The van der Waals surface area contributed by atoms with Gasteiger partial charge in [-0.05, 0) is 30.3 Å². The SMILES string of the molecule is O=C1O[C@H](NS(=O)(=O)c2ccc(Cl)cc2)c2ccccc21. The van der Waals surface area contributed by atoms with Crippen LogP contribution in [-0.4, -0.2) is 14.4 Å². The lowest BCUT2D eigenvalue weighted by Crippen LogP contribution is -2.28. The number of sulfonamides is 1. The van der Waals surface area contributed by atoms with Crippen molar-refractivity contribution in [1.82, 2.24) is 4.72 Å². The first-order chi connectivity index (χ1) is 9.97. The molecule has 0 bridgehead atoms. The van der Waals surface area contributed by atoms with Crippen molar-refractivity contribution in [3.05, 3.63) is 64.7 Å². The van der Waals surface area contributed by atoms with Crippen LogP contribution in [0.2, 0.25) is 5.02 Å². The molecule has 1 N–H and O–H groups in total. The molecular weight excluding hydrogens is 314 g/mol. The van der Waals surface area contributed by atoms with Gasteiger partial charge in [0.1, 0.15) is 0 Å². The van der Waals surface area contributed by atoms with Crippen molar-refractivity contribution < 1.29 is 17.9 Å². The first-order valence-electron chi connectivity index (χ1n) is 6.05. The van der Waals surface area contributed by atoms with Gasteiger partial charge in [-0.25, -0.2) is 13.2 Å². The van der Waals surface area contributed by atoms with Crippen LogP contribution in [0.1, 0.15) is 22.1 Å². The molecule has 0 amide bonds. The van der Waals surface area contributed by atoms with Crippen LogP contribution in [0.25, 0.3) is 0 Å². The third kappa shape index (κ3) is 2.65. The molecule has 21 heavy (non-hydrogen) atoms. The summed E-state index contributed by atoms with van der Waals surface area (Å²) in [6.07, 6.45) is -1.02. The molecule has 1 aliphatic rings. The molecule has 7 heteroatoms. The standard InChI is InChI=1S/C14H10ClNO4S/c15-9-5-7-10(8-6-9)21(18,19)16-13-11-3-1-2-4-12(11)14(17)20-13/h1-8,13,16H/t13-/m0/s1. The number of fused-ring (bicyclic) bond motifs is 1. The molecule has 0 saturated carbocycles. The summed E-state index contributed by atoms with van der Waals surface area (Å²) < 4.78 is 32.0. The average Bonchev–Trinajstić information content (AvgIpc) is 2.76. The maximum atomic E-state index is 12.3. The monoisotopic (exact) mass is 323 g/mol. The van der Waals surface area contributed by atoms with Crippen molar-refractivity contribution in [3.8, 4) is 0 Å². The van der Waals surface area contributed by atoms with Gasteiger partial charge < -0.3 is 4.74 Å². The van der Waals surface area contributed by atoms with Crippen LogP contribution >= 0.6 is 11.6 Å². The Bertz CT molecular complexity index is 802. The summed E-state index contributed by atoms with van der Waals surface area (Å²) in [5, 5.41) is 0.437. The molecule has 0 aromatic heterocycles. The summed E-state index contributed by atoms with van der Waals surface area (Å²) in [5.74, 6) is -0.547. The Balaban J connectivity index is 1.91. The minimum atomic E-state index is -3.81. The number of halogens is 1. The predicted octanol–water partition coefficient (Wildman–Crippen LogP) is 2.49. The number of rotatable bonds is 3. The van der Waals surface area contributed by atoms with Gasteiger partial charge in [-0.15, -0.1) is 0 Å². The molecule has 2 aromatic rings. The van der Waals surface area contributed by atoms with E-state index in [2.05, 4.69) is 4.72 Å². The highest BCUT2D eigenvalue weighted by atomic mass is 35.5. The molecule has 0 radical (unpaired) electrons. The van der Waals surface area contributed by atoms with E-state index in [1.165, 1.54) is 24.3 Å². The van der Waals surface area contributed by atoms with Crippen LogP contribution in [0.5, 0.6) is 0 Å². The average molecular weight is 324 g/mol. The van der Waals surface area contributed by atoms with E-state index in [-0.39, 0.29) is 4.90 Å². The van der Waals surface area contributed by atoms with E-state index in [4.69, 9.17) is 16.3 Å². The maximum absolute atomic E-state index is 12.3. The summed E-state index contributed by atoms with van der Waals surface area (Å²) in [6, 6.07) is 12.4. The van der Waals surface area contributed by atoms with E-state index < -0.39 is 22.2 Å². The first-order valence-corrected chi connectivity index (χ1v) is 7.91. The fourth-order valence-electron chi connectivity index (χ4n) is 2.06. The highest BCUT2D eigenvalue weighted by Gasteiger charge is 2.33. The predicted molar refractivity (Wildman–Crippen MR) is 76.4 cm³/mol. The Morgan fingerprint density at radius 1 is 1.05 bits per heavy atom. The molecule has 0 aliphatic carbocycles. The van der Waals surface area contributed by atoms with E-state index in [9.17, 15) is 13.2 Å². The zero-order chi connectivity index (χ0) is 15.0. The summed E-state index contributed by atoms with van der Waals surface area (Å²) >= 11 is 5.73. The van der Waals surface area contributed by atoms with E-state index in [0.717, 1.165) is 0 Å². The Morgan fingerprint density at radius 2 is 1.71 bits per heavy atom. The fourth-order valence-corrected chi connectivity index (χ4v) is 3.27. The summed E-state index contributed by atoms with van der Waals surface area (Å²) in [7, 11) is -3.81. The topological polar surface area (TPSA) is 72.5 Å². The zero-order valence-electron chi connectivity index (χ0n) is 10.6. The smallest absolute Gasteiger partial charge is 0.340 e. The molecule has 1 heterocycles. The van der Waals surface area contributed by atoms with Crippen LogP contribution in [0.15, 0.2) is 53.4 Å². The number of carbonyl (C=O) groups excluding carboxylic acids is 1.